The molecule has 7 heteroatoms. The number of carbonyl (C=O) groups is 2. The van der Waals surface area contributed by atoms with Gasteiger partial charge in [-0.05, 0) is 38.5 Å². The fourth-order valence-electron chi connectivity index (χ4n) is 4.25. The predicted octanol–water partition coefficient (Wildman–Crippen LogP) is 3.38. The minimum absolute atomic E-state index is 0.159. The third kappa shape index (κ3) is 5.14. The fraction of sp³-hybridized carbons (Fsp3) is 0.346. The minimum Gasteiger partial charge on any atom is -0.449 e. The maximum Gasteiger partial charge on any atom is 0.342 e. The van der Waals surface area contributed by atoms with Crippen LogP contribution in [0.3, 0.4) is 0 Å². The molecule has 0 aliphatic carbocycles. The molecule has 0 bridgehead atoms. The molecule has 0 unspecified atom stereocenters. The van der Waals surface area contributed by atoms with Crippen LogP contribution in [0.1, 0.15) is 34.2 Å². The van der Waals surface area contributed by atoms with E-state index in [1.165, 1.54) is 5.56 Å². The number of benzene rings is 2. The van der Waals surface area contributed by atoms with Gasteiger partial charge in [0.15, 0.2) is 6.10 Å². The van der Waals surface area contributed by atoms with Crippen molar-refractivity contribution in [3.8, 4) is 5.69 Å². The monoisotopic (exact) mass is 446 g/mol. The van der Waals surface area contributed by atoms with E-state index in [2.05, 4.69) is 22.1 Å². The summed E-state index contributed by atoms with van der Waals surface area (Å²) in [6.07, 6.45) is -0.850. The van der Waals surface area contributed by atoms with Gasteiger partial charge in [-0.3, -0.25) is 9.69 Å². The van der Waals surface area contributed by atoms with Gasteiger partial charge in [-0.2, -0.15) is 5.10 Å². The van der Waals surface area contributed by atoms with Crippen molar-refractivity contribution >= 4 is 11.9 Å². The van der Waals surface area contributed by atoms with Crippen LogP contribution < -0.4 is 0 Å². The van der Waals surface area contributed by atoms with Crippen molar-refractivity contribution in [1.29, 1.82) is 0 Å². The average Bonchev–Trinajstić information content (AvgIpc) is 3.14. The number of aryl methyl sites for hydroxylation is 1. The number of esters is 1. The fourth-order valence-corrected chi connectivity index (χ4v) is 4.25. The molecular weight excluding hydrogens is 416 g/mol. The van der Waals surface area contributed by atoms with Crippen molar-refractivity contribution in [1.82, 2.24) is 19.6 Å². The molecule has 2 heterocycles. The minimum atomic E-state index is -0.850. The smallest absolute Gasteiger partial charge is 0.342 e. The maximum absolute atomic E-state index is 12.9. The Kier molecular flexibility index (Phi) is 6.89. The van der Waals surface area contributed by atoms with Crippen molar-refractivity contribution in [2.45, 2.75) is 33.4 Å². The third-order valence-corrected chi connectivity index (χ3v) is 6.06. The molecule has 1 fully saturated rings. The number of hydrogen-bond donors (Lipinski definition) is 0. The van der Waals surface area contributed by atoms with Crippen LogP contribution in [0, 0.1) is 13.8 Å². The van der Waals surface area contributed by atoms with Gasteiger partial charge in [-0.15, -0.1) is 0 Å². The normalized spacial score (nSPS) is 15.3. The summed E-state index contributed by atoms with van der Waals surface area (Å²) in [5.41, 5.74) is 3.82. The number of rotatable bonds is 6. The molecule has 7 nitrogen and oxygen atoms in total. The van der Waals surface area contributed by atoms with E-state index in [1.807, 2.05) is 55.5 Å². The number of amides is 1. The summed E-state index contributed by atoms with van der Waals surface area (Å²) in [5.74, 6) is -0.677. The highest BCUT2D eigenvalue weighted by Crippen LogP contribution is 2.20. The van der Waals surface area contributed by atoms with Crippen molar-refractivity contribution in [2.24, 2.45) is 0 Å². The molecule has 0 radical (unpaired) electrons. The van der Waals surface area contributed by atoms with Crippen LogP contribution in [-0.4, -0.2) is 63.7 Å². The number of piperazine rings is 1. The van der Waals surface area contributed by atoms with Crippen LogP contribution in [0.15, 0.2) is 60.7 Å². The van der Waals surface area contributed by atoms with E-state index in [9.17, 15) is 9.59 Å². The summed E-state index contributed by atoms with van der Waals surface area (Å²) in [6, 6.07) is 19.9. The maximum atomic E-state index is 12.9. The predicted molar refractivity (Wildman–Crippen MR) is 126 cm³/mol. The van der Waals surface area contributed by atoms with E-state index in [0.29, 0.717) is 30.0 Å². The Morgan fingerprint density at radius 2 is 1.55 bits per heavy atom. The van der Waals surface area contributed by atoms with Crippen molar-refractivity contribution in [3.63, 3.8) is 0 Å². The molecule has 4 rings (SSSR count). The molecule has 172 valence electrons. The second-order valence-electron chi connectivity index (χ2n) is 8.43. The molecule has 33 heavy (non-hydrogen) atoms. The number of carbonyl (C=O) groups excluding carboxylic acids is 2. The van der Waals surface area contributed by atoms with Gasteiger partial charge in [-0.1, -0.05) is 48.5 Å². The Hall–Kier alpha value is -3.45. The number of hydrogen-bond acceptors (Lipinski definition) is 5. The summed E-state index contributed by atoms with van der Waals surface area (Å²) in [6.45, 7) is 8.96. The molecule has 2 aromatic carbocycles. The van der Waals surface area contributed by atoms with Crippen LogP contribution in [0.4, 0.5) is 0 Å². The van der Waals surface area contributed by atoms with E-state index in [1.54, 1.807) is 23.4 Å². The van der Waals surface area contributed by atoms with Gasteiger partial charge < -0.3 is 9.64 Å². The van der Waals surface area contributed by atoms with E-state index in [-0.39, 0.29) is 5.91 Å². The first-order valence-corrected chi connectivity index (χ1v) is 11.3. The molecule has 1 saturated heterocycles. The highest BCUT2D eigenvalue weighted by atomic mass is 16.5. The Bertz CT molecular complexity index is 1100. The van der Waals surface area contributed by atoms with Gasteiger partial charge in [0.25, 0.3) is 5.91 Å². The molecule has 0 saturated carbocycles. The van der Waals surface area contributed by atoms with E-state index in [0.717, 1.165) is 25.3 Å². The largest absolute Gasteiger partial charge is 0.449 e. The van der Waals surface area contributed by atoms with E-state index >= 15 is 0 Å². The molecule has 0 N–H and O–H groups in total. The van der Waals surface area contributed by atoms with Gasteiger partial charge in [0.1, 0.15) is 5.56 Å². The Morgan fingerprint density at radius 1 is 0.939 bits per heavy atom. The summed E-state index contributed by atoms with van der Waals surface area (Å²) in [7, 11) is 0. The lowest BCUT2D eigenvalue weighted by Crippen LogP contribution is -2.51. The zero-order valence-electron chi connectivity index (χ0n) is 19.4. The van der Waals surface area contributed by atoms with Gasteiger partial charge in [0, 0.05) is 32.7 Å². The van der Waals surface area contributed by atoms with Crippen LogP contribution in [0.25, 0.3) is 5.69 Å². The summed E-state index contributed by atoms with van der Waals surface area (Å²) in [5, 5.41) is 4.50. The van der Waals surface area contributed by atoms with Gasteiger partial charge in [0.2, 0.25) is 0 Å². The topological polar surface area (TPSA) is 67.7 Å². The Balaban J connectivity index is 1.35. The van der Waals surface area contributed by atoms with Crippen molar-refractivity contribution in [2.75, 3.05) is 26.2 Å². The highest BCUT2D eigenvalue weighted by Gasteiger charge is 2.29. The average molecular weight is 447 g/mol. The molecular formula is C26H30N4O3. The lowest BCUT2D eigenvalue weighted by Gasteiger charge is -2.35. The molecule has 0 spiro atoms. The van der Waals surface area contributed by atoms with Gasteiger partial charge >= 0.3 is 5.97 Å². The van der Waals surface area contributed by atoms with Gasteiger partial charge in [0.05, 0.1) is 17.1 Å². The lowest BCUT2D eigenvalue weighted by molar-refractivity contribution is -0.141. The van der Waals surface area contributed by atoms with Crippen LogP contribution >= 0.6 is 0 Å². The molecule has 1 amide bonds. The first kappa shape index (κ1) is 22.7. The van der Waals surface area contributed by atoms with E-state index in [4.69, 9.17) is 4.74 Å². The second-order valence-corrected chi connectivity index (χ2v) is 8.43. The second kappa shape index (κ2) is 10.0. The van der Waals surface area contributed by atoms with Crippen LogP contribution in [-0.2, 0) is 16.1 Å². The first-order chi connectivity index (χ1) is 15.9. The zero-order chi connectivity index (χ0) is 23.4. The van der Waals surface area contributed by atoms with Crippen LogP contribution in [0.2, 0.25) is 0 Å². The van der Waals surface area contributed by atoms with E-state index < -0.39 is 12.1 Å². The number of para-hydroxylation sites is 1. The lowest BCUT2D eigenvalue weighted by atomic mass is 10.2. The van der Waals surface area contributed by atoms with Gasteiger partial charge in [-0.25, -0.2) is 9.48 Å². The molecule has 1 aliphatic rings. The third-order valence-electron chi connectivity index (χ3n) is 6.06. The Morgan fingerprint density at radius 3 is 2.18 bits per heavy atom. The summed E-state index contributed by atoms with van der Waals surface area (Å²) >= 11 is 0. The molecule has 3 aromatic rings. The number of aromatic nitrogens is 2. The number of nitrogens with zero attached hydrogens (tertiary/aromatic N) is 4. The highest BCUT2D eigenvalue weighted by molar-refractivity contribution is 5.94. The molecule has 1 aliphatic heterocycles. The standard InChI is InChI=1S/C26H30N4O3/c1-19-24(20(2)30(27-19)23-12-8-5-9-13-23)26(32)33-21(3)25(31)29-16-14-28(15-17-29)18-22-10-6-4-7-11-22/h4-13,21H,14-18H2,1-3H3/t21-/m0/s1. The van der Waals surface area contributed by atoms with Crippen molar-refractivity contribution in [3.05, 3.63) is 83.2 Å². The first-order valence-electron chi connectivity index (χ1n) is 11.3. The summed E-state index contributed by atoms with van der Waals surface area (Å²) < 4.78 is 7.31. The quantitative estimate of drug-likeness (QED) is 0.543. The number of ether oxygens (including phenoxy) is 1. The molecule has 1 aromatic heterocycles. The summed E-state index contributed by atoms with van der Waals surface area (Å²) in [4.78, 5) is 30.0. The molecule has 1 atom stereocenters. The van der Waals surface area contributed by atoms with Crippen LogP contribution in [0.5, 0.6) is 0 Å². The van der Waals surface area contributed by atoms with Crippen molar-refractivity contribution < 1.29 is 14.3 Å². The zero-order valence-corrected chi connectivity index (χ0v) is 19.4. The Labute approximate surface area is 194 Å². The SMILES string of the molecule is Cc1nn(-c2ccccc2)c(C)c1C(=O)O[C@@H](C)C(=O)N1CCN(Cc2ccccc2)CC1.